The van der Waals surface area contributed by atoms with Gasteiger partial charge in [-0.25, -0.2) is 0 Å². The van der Waals surface area contributed by atoms with Gasteiger partial charge in [-0.15, -0.1) is 0 Å². The summed E-state index contributed by atoms with van der Waals surface area (Å²) in [6.45, 7) is 6.88. The van der Waals surface area contributed by atoms with Crippen LogP contribution in [0.3, 0.4) is 0 Å². The summed E-state index contributed by atoms with van der Waals surface area (Å²) in [6, 6.07) is -0.105. The van der Waals surface area contributed by atoms with Crippen LogP contribution in [0.25, 0.3) is 0 Å². The van der Waals surface area contributed by atoms with E-state index < -0.39 is 18.1 Å². The third-order valence-corrected chi connectivity index (χ3v) is 5.50. The van der Waals surface area contributed by atoms with Crippen LogP contribution in [0.5, 0.6) is 0 Å². The summed E-state index contributed by atoms with van der Waals surface area (Å²) in [6.07, 6.45) is 0. The van der Waals surface area contributed by atoms with Crippen LogP contribution >= 0.6 is 0 Å². The van der Waals surface area contributed by atoms with Crippen molar-refractivity contribution >= 4 is 18.1 Å². The van der Waals surface area contributed by atoms with Crippen molar-refractivity contribution in [3.05, 3.63) is 0 Å². The Labute approximate surface area is 62.3 Å². The summed E-state index contributed by atoms with van der Waals surface area (Å²) in [4.78, 5) is 0. The molecule has 0 fully saturated rings. The molecule has 0 aliphatic rings. The summed E-state index contributed by atoms with van der Waals surface area (Å²) in [5.41, 5.74) is 5.28. The van der Waals surface area contributed by atoms with E-state index in [4.69, 9.17) is 11.2 Å². The van der Waals surface area contributed by atoms with Gasteiger partial charge in [0.1, 0.15) is 9.76 Å². The lowest BCUT2D eigenvalue weighted by Crippen LogP contribution is -2.28. The van der Waals surface area contributed by atoms with Gasteiger partial charge in [0.05, 0.1) is 0 Å². The molecule has 0 aromatic heterocycles. The summed E-state index contributed by atoms with van der Waals surface area (Å²) < 4.78 is 12.9. The third kappa shape index (κ3) is 8.35. The Balaban J connectivity index is 3.36. The first-order valence-electron chi connectivity index (χ1n) is 3.79. The normalized spacial score (nSPS) is 18.4. The second kappa shape index (κ2) is 4.21. The van der Waals surface area contributed by atoms with Crippen molar-refractivity contribution in [1.82, 2.24) is 0 Å². The lowest BCUT2D eigenvalue weighted by Gasteiger charge is -2.16. The van der Waals surface area contributed by atoms with Crippen LogP contribution in [-0.4, -0.2) is 24.6 Å². The summed E-state index contributed by atoms with van der Waals surface area (Å²) in [7, 11) is -2.02. The Morgan fingerprint density at radius 1 is 1.67 bits per heavy atom. The molecular formula is C5H17NOSi2. The summed E-state index contributed by atoms with van der Waals surface area (Å²) in [5.74, 6) is 0. The molecule has 0 saturated carbocycles. The topological polar surface area (TPSA) is 35.2 Å². The Morgan fingerprint density at radius 2 is 2.22 bits per heavy atom. The Kier molecular flexibility index (Phi) is 3.49. The van der Waals surface area contributed by atoms with Crippen LogP contribution in [-0.2, 0) is 4.12 Å². The Hall–Kier alpha value is 0.354. The van der Waals surface area contributed by atoms with E-state index in [9.17, 15) is 0 Å². The minimum absolute atomic E-state index is 0.105. The molecule has 0 aromatic rings. The predicted octanol–water partition coefficient (Wildman–Crippen LogP) is 0.299. The van der Waals surface area contributed by atoms with Gasteiger partial charge in [-0.2, -0.15) is 0 Å². The summed E-state index contributed by atoms with van der Waals surface area (Å²) >= 11 is 0. The van der Waals surface area contributed by atoms with E-state index >= 15 is 0 Å². The van der Waals surface area contributed by atoms with Crippen LogP contribution < -0.4 is 5.73 Å². The fraction of sp³-hybridized carbons (Fsp3) is 1.00. The molecule has 0 radical (unpaired) electrons. The highest BCUT2D eigenvalue weighted by Crippen LogP contribution is 2.00. The first-order chi connectivity index (χ1) is 4.45. The van der Waals surface area contributed by atoms with Crippen molar-refractivity contribution in [2.24, 2.45) is 5.73 Å². The van der Waals surface area contributed by atoms with E-state index in [0.717, 1.165) is 0 Å². The van der Waals surface area contributed by atoms with E-state index in [2.05, 4.69) is 19.6 Å². The van der Waals surface area contributed by atoms with Crippen molar-refractivity contribution in [1.29, 1.82) is 0 Å². The largest absolute Gasteiger partial charge is 0.461 e. The molecule has 0 heterocycles. The molecule has 0 aliphatic carbocycles. The number of hydrogen-bond donors (Lipinski definition) is 1. The van der Waals surface area contributed by atoms with Gasteiger partial charge in [-0.3, -0.25) is 0 Å². The van der Waals surface area contributed by atoms with E-state index in [1.165, 1.54) is 0 Å². The van der Waals surface area contributed by atoms with Crippen LogP contribution in [0.4, 0.5) is 0 Å². The molecule has 0 aromatic carbocycles. The molecule has 0 bridgehead atoms. The van der Waals surface area contributed by atoms with Gasteiger partial charge in [0.25, 0.3) is 0 Å². The maximum absolute atomic E-state index is 7.33. The molecule has 0 unspecified atom stereocenters. The molecule has 9 heavy (non-hydrogen) atoms. The molecule has 2 N–H and O–H groups in total. The second-order valence-electron chi connectivity index (χ2n) is 2.95. The second-order valence-corrected chi connectivity index (χ2v) is 9.24. The molecule has 0 amide bonds. The fourth-order valence-electron chi connectivity index (χ4n) is 0.377. The summed E-state index contributed by atoms with van der Waals surface area (Å²) in [5, 5.41) is 0. The highest BCUT2D eigenvalue weighted by Gasteiger charge is 2.11. The molecule has 0 rings (SSSR count). The van der Waals surface area contributed by atoms with Crippen LogP contribution in [0.15, 0.2) is 0 Å². The van der Waals surface area contributed by atoms with Crippen molar-refractivity contribution in [3.63, 3.8) is 0 Å². The molecule has 0 saturated heterocycles. The lowest BCUT2D eigenvalue weighted by atomic mass is 10.8. The number of hydrogen-bond acceptors (Lipinski definition) is 2. The van der Waals surface area contributed by atoms with E-state index in [0.29, 0.717) is 6.54 Å². The maximum atomic E-state index is 7.33. The zero-order valence-corrected chi connectivity index (χ0v) is 8.89. The fourth-order valence-corrected chi connectivity index (χ4v) is 2.98. The maximum Gasteiger partial charge on any atom is 0.169 e. The lowest BCUT2D eigenvalue weighted by molar-refractivity contribution is 0.594. The molecule has 0 aliphatic heterocycles. The third-order valence-electron chi connectivity index (χ3n) is 0.801. The highest BCUT2D eigenvalue weighted by atomic mass is 28.4. The zero-order valence-electron chi connectivity index (χ0n) is 7.48. The quantitative estimate of drug-likeness (QED) is 0.608. The van der Waals surface area contributed by atoms with Crippen LogP contribution in [0.1, 0.15) is 1.37 Å². The smallest absolute Gasteiger partial charge is 0.169 e. The van der Waals surface area contributed by atoms with Gasteiger partial charge in [0.2, 0.25) is 0 Å². The minimum atomic E-state index is -1.35. The molecular weight excluding hydrogens is 146 g/mol. The molecule has 56 valence electrons. The minimum Gasteiger partial charge on any atom is -0.461 e. The average Bonchev–Trinajstić information content (AvgIpc) is 1.81. The Bertz CT molecular complexity index is 96.1. The molecule has 4 heteroatoms. The zero-order chi connectivity index (χ0) is 8.20. The van der Waals surface area contributed by atoms with Crippen molar-refractivity contribution in [2.45, 2.75) is 25.7 Å². The SMILES string of the molecule is [3H][C@@H](CN)[SiH2]O[Si](C)(C)C. The van der Waals surface area contributed by atoms with Gasteiger partial charge in [0, 0.05) is 1.37 Å². The monoisotopic (exact) mass is 165 g/mol. The van der Waals surface area contributed by atoms with Gasteiger partial charge in [0.15, 0.2) is 8.32 Å². The Morgan fingerprint density at radius 3 is 2.56 bits per heavy atom. The van der Waals surface area contributed by atoms with Crippen LogP contribution in [0, 0.1) is 0 Å². The average molecular weight is 165 g/mol. The first-order valence-corrected chi connectivity index (χ1v) is 8.02. The van der Waals surface area contributed by atoms with Gasteiger partial charge < -0.3 is 9.85 Å². The number of nitrogens with two attached hydrogens (primary N) is 1. The number of rotatable bonds is 4. The molecule has 1 atom stereocenters. The van der Waals surface area contributed by atoms with Crippen molar-refractivity contribution in [3.8, 4) is 0 Å². The van der Waals surface area contributed by atoms with Crippen molar-refractivity contribution < 1.29 is 5.49 Å². The van der Waals surface area contributed by atoms with Crippen LogP contribution in [0.2, 0.25) is 25.7 Å². The molecule has 0 spiro atoms. The highest BCUT2D eigenvalue weighted by molar-refractivity contribution is 6.73. The first kappa shape index (κ1) is 7.46. The van der Waals surface area contributed by atoms with Gasteiger partial charge >= 0.3 is 0 Å². The van der Waals surface area contributed by atoms with Crippen molar-refractivity contribution in [2.75, 3.05) is 6.54 Å². The van der Waals surface area contributed by atoms with Gasteiger partial charge in [-0.05, 0) is 32.2 Å². The van der Waals surface area contributed by atoms with E-state index in [-0.39, 0.29) is 6.02 Å². The van der Waals surface area contributed by atoms with E-state index in [1.807, 2.05) is 0 Å². The van der Waals surface area contributed by atoms with E-state index in [1.54, 1.807) is 0 Å². The standard InChI is InChI=1S/C5H17NOSi2/c1-9(2,3)7-8-5-4-6/h4-6,8H2,1-3H3/i5T/t5-/m0/s1. The predicted molar refractivity (Wildman–Crippen MR) is 46.8 cm³/mol. The van der Waals surface area contributed by atoms with Gasteiger partial charge in [-0.1, -0.05) is 0 Å². The molecule has 2 nitrogen and oxygen atoms in total.